The van der Waals surface area contributed by atoms with Crippen LogP contribution in [0.15, 0.2) is 30.5 Å². The predicted octanol–water partition coefficient (Wildman–Crippen LogP) is 4.28. The van der Waals surface area contributed by atoms with E-state index in [0.29, 0.717) is 24.1 Å². The molecule has 0 spiro atoms. The summed E-state index contributed by atoms with van der Waals surface area (Å²) in [7, 11) is 0. The van der Waals surface area contributed by atoms with Crippen LogP contribution in [0.1, 0.15) is 38.1 Å². The van der Waals surface area contributed by atoms with Crippen LogP contribution in [-0.2, 0) is 0 Å². The smallest absolute Gasteiger partial charge is 0.337 e. The van der Waals surface area contributed by atoms with Gasteiger partial charge in [-0.15, -0.1) is 5.10 Å². The maximum atomic E-state index is 11.0. The molecule has 1 saturated carbocycles. The first-order valence-corrected chi connectivity index (χ1v) is 8.24. The molecule has 0 saturated heterocycles. The summed E-state index contributed by atoms with van der Waals surface area (Å²) in [4.78, 5) is 11.0. The van der Waals surface area contributed by atoms with Crippen LogP contribution in [0.4, 0.5) is 0 Å². The van der Waals surface area contributed by atoms with E-state index in [1.807, 2.05) is 0 Å². The Morgan fingerprint density at radius 1 is 1.29 bits per heavy atom. The number of hydrogen-bond donors (Lipinski definition) is 1. The first-order valence-electron chi connectivity index (χ1n) is 7.86. The van der Waals surface area contributed by atoms with Crippen molar-refractivity contribution in [2.75, 3.05) is 6.61 Å². The van der Waals surface area contributed by atoms with Crippen molar-refractivity contribution in [2.24, 2.45) is 16.7 Å². The van der Waals surface area contributed by atoms with Gasteiger partial charge in [-0.1, -0.05) is 39.3 Å². The molecule has 0 amide bonds. The molecule has 1 aromatic heterocycles. The molecule has 0 bridgehead atoms. The molecule has 1 heterocycles. The summed E-state index contributed by atoms with van der Waals surface area (Å²) in [5, 5.41) is 13.6. The number of carboxylic acids is 1. The number of ether oxygens (including phenoxy) is 1. The van der Waals surface area contributed by atoms with Crippen LogP contribution in [0, 0.1) is 16.7 Å². The molecule has 1 N–H and O–H groups in total. The van der Waals surface area contributed by atoms with Crippen molar-refractivity contribution in [1.82, 2.24) is 9.78 Å². The van der Waals surface area contributed by atoms with Crippen LogP contribution in [-0.4, -0.2) is 27.5 Å². The van der Waals surface area contributed by atoms with Crippen LogP contribution in [0.3, 0.4) is 0 Å². The van der Waals surface area contributed by atoms with Crippen molar-refractivity contribution >= 4 is 17.6 Å². The quantitative estimate of drug-likeness (QED) is 0.875. The van der Waals surface area contributed by atoms with Gasteiger partial charge in [0.05, 0.1) is 22.9 Å². The van der Waals surface area contributed by atoms with Gasteiger partial charge in [-0.2, -0.15) is 0 Å². The largest absolute Gasteiger partial charge is 0.478 e. The lowest BCUT2D eigenvalue weighted by atomic mass is 10.0. The number of rotatable bonds is 5. The Balaban J connectivity index is 1.70. The van der Waals surface area contributed by atoms with Gasteiger partial charge >= 0.3 is 5.97 Å². The number of aromatic carboxylic acids is 1. The molecule has 5 nitrogen and oxygen atoms in total. The molecule has 2 aromatic rings. The monoisotopic (exact) mass is 348 g/mol. The van der Waals surface area contributed by atoms with Gasteiger partial charge in [-0.05, 0) is 29.0 Å². The molecule has 6 heteroatoms. The number of aromatic nitrogens is 2. The highest BCUT2D eigenvalue weighted by molar-refractivity contribution is 6.33. The molecule has 0 atom stereocenters. The third kappa shape index (κ3) is 2.67. The minimum absolute atomic E-state index is 0.0715. The summed E-state index contributed by atoms with van der Waals surface area (Å²) in [6, 6.07) is 6.51. The maximum absolute atomic E-state index is 11.0. The summed E-state index contributed by atoms with van der Waals surface area (Å²) < 4.78 is 7.46. The molecule has 128 valence electrons. The third-order valence-corrected chi connectivity index (χ3v) is 6.04. The molecular formula is C18H21ClN2O3. The Morgan fingerprint density at radius 3 is 2.50 bits per heavy atom. The van der Waals surface area contributed by atoms with E-state index >= 15 is 0 Å². The Hall–Kier alpha value is -2.01. The van der Waals surface area contributed by atoms with E-state index < -0.39 is 5.97 Å². The van der Waals surface area contributed by atoms with E-state index in [9.17, 15) is 4.79 Å². The molecule has 3 rings (SSSR count). The van der Waals surface area contributed by atoms with Gasteiger partial charge < -0.3 is 9.84 Å². The van der Waals surface area contributed by atoms with E-state index in [1.54, 1.807) is 29.1 Å². The van der Waals surface area contributed by atoms with E-state index in [0.717, 1.165) is 0 Å². The zero-order valence-corrected chi connectivity index (χ0v) is 15.0. The van der Waals surface area contributed by atoms with Crippen molar-refractivity contribution in [3.63, 3.8) is 0 Å². The Labute approximate surface area is 146 Å². The lowest BCUT2D eigenvalue weighted by Gasteiger charge is -2.05. The van der Waals surface area contributed by atoms with Gasteiger partial charge in [0.25, 0.3) is 0 Å². The third-order valence-electron chi connectivity index (χ3n) is 5.73. The fourth-order valence-electron chi connectivity index (χ4n) is 3.27. The molecule has 1 fully saturated rings. The predicted molar refractivity (Wildman–Crippen MR) is 92.1 cm³/mol. The van der Waals surface area contributed by atoms with Crippen molar-refractivity contribution in [2.45, 2.75) is 27.7 Å². The highest BCUT2D eigenvalue weighted by Crippen LogP contribution is 2.68. The zero-order valence-electron chi connectivity index (χ0n) is 14.2. The summed E-state index contributed by atoms with van der Waals surface area (Å²) in [5.41, 5.74) is 1.31. The SMILES string of the molecule is CC1(C)C(COc2ccn(-c3ccc(C(=O)O)c(Cl)c3)n2)C1(C)C. The van der Waals surface area contributed by atoms with E-state index in [2.05, 4.69) is 32.8 Å². The van der Waals surface area contributed by atoms with Gasteiger partial charge in [0.1, 0.15) is 0 Å². The molecule has 24 heavy (non-hydrogen) atoms. The second-order valence-corrected chi connectivity index (χ2v) is 7.78. The highest BCUT2D eigenvalue weighted by atomic mass is 35.5. The van der Waals surface area contributed by atoms with Crippen LogP contribution in [0.25, 0.3) is 5.69 Å². The summed E-state index contributed by atoms with van der Waals surface area (Å²) in [5.74, 6) is -0.00271. The van der Waals surface area contributed by atoms with Gasteiger partial charge in [0, 0.05) is 18.2 Å². The normalized spacial score (nSPS) is 18.4. The van der Waals surface area contributed by atoms with E-state index in [1.165, 1.54) is 6.07 Å². The standard InChI is InChI=1S/C18H21ClN2O3/c1-17(2)14(18(17,3)4)10-24-15-7-8-21(20-15)11-5-6-12(16(22)23)13(19)9-11/h5-9,14H,10H2,1-4H3,(H,22,23). The van der Waals surface area contributed by atoms with Gasteiger partial charge in [-0.25, -0.2) is 9.48 Å². The number of nitrogens with zero attached hydrogens (tertiary/aromatic N) is 2. The van der Waals surface area contributed by atoms with E-state index in [-0.39, 0.29) is 21.4 Å². The summed E-state index contributed by atoms with van der Waals surface area (Å²) in [6.45, 7) is 9.66. The molecule has 0 unspecified atom stereocenters. The maximum Gasteiger partial charge on any atom is 0.337 e. The van der Waals surface area contributed by atoms with Crippen LogP contribution >= 0.6 is 11.6 Å². The first-order chi connectivity index (χ1) is 11.1. The number of carboxylic acid groups (broad SMARTS) is 1. The first kappa shape index (κ1) is 16.8. The number of carbonyl (C=O) groups is 1. The molecule has 1 aliphatic carbocycles. The van der Waals surface area contributed by atoms with Crippen molar-refractivity contribution in [3.8, 4) is 11.6 Å². The molecule has 1 aromatic carbocycles. The topological polar surface area (TPSA) is 64.3 Å². The fourth-order valence-corrected chi connectivity index (χ4v) is 3.52. The van der Waals surface area contributed by atoms with Crippen molar-refractivity contribution in [3.05, 3.63) is 41.0 Å². The summed E-state index contributed by atoms with van der Waals surface area (Å²) >= 11 is 6.00. The lowest BCUT2D eigenvalue weighted by molar-refractivity contribution is 0.0697. The lowest BCUT2D eigenvalue weighted by Crippen LogP contribution is -2.06. The molecule has 0 aliphatic heterocycles. The van der Waals surface area contributed by atoms with Gasteiger partial charge in [-0.3, -0.25) is 0 Å². The second-order valence-electron chi connectivity index (χ2n) is 7.37. The fraction of sp³-hybridized carbons (Fsp3) is 0.444. The average molecular weight is 349 g/mol. The van der Waals surface area contributed by atoms with Crippen LogP contribution < -0.4 is 4.74 Å². The highest BCUT2D eigenvalue weighted by Gasteiger charge is 2.64. The second kappa shape index (κ2) is 5.52. The summed E-state index contributed by atoms with van der Waals surface area (Å²) in [6.07, 6.45) is 1.77. The minimum atomic E-state index is -1.05. The number of halogens is 1. The number of benzene rings is 1. The average Bonchev–Trinajstić information content (AvgIpc) is 2.84. The van der Waals surface area contributed by atoms with E-state index in [4.69, 9.17) is 21.4 Å². The van der Waals surface area contributed by atoms with Gasteiger partial charge in [0.2, 0.25) is 5.88 Å². The van der Waals surface area contributed by atoms with Crippen molar-refractivity contribution < 1.29 is 14.6 Å². The Bertz CT molecular complexity index is 781. The molecule has 1 aliphatic rings. The minimum Gasteiger partial charge on any atom is -0.478 e. The zero-order chi connectivity index (χ0) is 17.7. The van der Waals surface area contributed by atoms with Crippen molar-refractivity contribution in [1.29, 1.82) is 0 Å². The molecule has 0 radical (unpaired) electrons. The Morgan fingerprint density at radius 2 is 1.96 bits per heavy atom. The molecular weight excluding hydrogens is 328 g/mol. The van der Waals surface area contributed by atoms with Crippen LogP contribution in [0.2, 0.25) is 5.02 Å². The van der Waals surface area contributed by atoms with Gasteiger partial charge in [0.15, 0.2) is 0 Å². The van der Waals surface area contributed by atoms with Crippen LogP contribution in [0.5, 0.6) is 5.88 Å². The Kier molecular flexibility index (Phi) is 3.87. The number of hydrogen-bond acceptors (Lipinski definition) is 3.